The van der Waals surface area contributed by atoms with Crippen LogP contribution in [0.3, 0.4) is 0 Å². The molecule has 1 unspecified atom stereocenters. The second kappa shape index (κ2) is 7.64. The quantitative estimate of drug-likeness (QED) is 0.471. The fraction of sp³-hybridized carbons (Fsp3) is 0.0909. The molecule has 27 heavy (non-hydrogen) atoms. The van der Waals surface area contributed by atoms with Gasteiger partial charge in [-0.15, -0.1) is 10.2 Å². The molecule has 0 aliphatic carbocycles. The van der Waals surface area contributed by atoms with Crippen molar-refractivity contribution >= 4 is 17.3 Å². The van der Waals surface area contributed by atoms with Crippen LogP contribution in [0.2, 0.25) is 5.02 Å². The molecule has 134 valence electrons. The van der Waals surface area contributed by atoms with Crippen molar-refractivity contribution in [3.05, 3.63) is 101 Å². The van der Waals surface area contributed by atoms with E-state index >= 15 is 0 Å². The molecular weight excluding hydrogens is 358 g/mol. The maximum absolute atomic E-state index is 6.42. The van der Waals surface area contributed by atoms with E-state index < -0.39 is 0 Å². The molecule has 1 N–H and O–H groups in total. The van der Waals surface area contributed by atoms with Gasteiger partial charge in [0.2, 0.25) is 11.8 Å². The third-order valence-electron chi connectivity index (χ3n) is 4.27. The molecule has 0 amide bonds. The second-order valence-electron chi connectivity index (χ2n) is 6.28. The van der Waals surface area contributed by atoms with Crippen molar-refractivity contribution < 1.29 is 4.42 Å². The maximum atomic E-state index is 6.42. The molecule has 4 rings (SSSR count). The van der Waals surface area contributed by atoms with Gasteiger partial charge in [-0.2, -0.15) is 0 Å². The number of nitrogens with one attached hydrogen (secondary N) is 1. The third kappa shape index (κ3) is 3.86. The molecule has 1 atom stereocenters. The van der Waals surface area contributed by atoms with E-state index in [1.807, 2.05) is 85.8 Å². The van der Waals surface area contributed by atoms with Gasteiger partial charge in [0.15, 0.2) is 0 Å². The normalized spacial score (nSPS) is 11.9. The first kappa shape index (κ1) is 17.3. The van der Waals surface area contributed by atoms with Crippen molar-refractivity contribution in [2.24, 2.45) is 0 Å². The van der Waals surface area contributed by atoms with Crippen molar-refractivity contribution in [2.75, 3.05) is 5.32 Å². The Morgan fingerprint density at radius 3 is 2.30 bits per heavy atom. The minimum Gasteiger partial charge on any atom is -0.418 e. The van der Waals surface area contributed by atoms with E-state index in [4.69, 9.17) is 16.0 Å². The zero-order valence-corrected chi connectivity index (χ0v) is 15.5. The Hall–Kier alpha value is -3.11. The average molecular weight is 376 g/mol. The Balaban J connectivity index is 1.72. The molecule has 0 spiro atoms. The molecule has 3 aromatic carbocycles. The molecule has 0 saturated carbocycles. The number of benzene rings is 3. The Kier molecular flexibility index (Phi) is 4.90. The van der Waals surface area contributed by atoms with Gasteiger partial charge < -0.3 is 9.73 Å². The average Bonchev–Trinajstić information content (AvgIpc) is 3.19. The predicted octanol–water partition coefficient (Wildman–Crippen LogP) is 5.90. The van der Waals surface area contributed by atoms with Crippen LogP contribution in [0.5, 0.6) is 0 Å². The van der Waals surface area contributed by atoms with Crippen molar-refractivity contribution in [1.82, 2.24) is 10.2 Å². The Bertz CT molecular complexity index is 1030. The highest BCUT2D eigenvalue weighted by Crippen LogP contribution is 2.31. The number of hydrogen-bond donors (Lipinski definition) is 1. The SMILES string of the molecule is Cc1ccc(NC(c2ccccc2)c2nnc(-c3ccccc3)o2)c(Cl)c1. The molecule has 1 aromatic heterocycles. The number of aryl methyl sites for hydroxylation is 1. The molecule has 0 aliphatic heterocycles. The molecule has 0 saturated heterocycles. The van der Waals surface area contributed by atoms with Gasteiger partial charge in [0.25, 0.3) is 0 Å². The highest BCUT2D eigenvalue weighted by Gasteiger charge is 2.22. The van der Waals surface area contributed by atoms with Gasteiger partial charge in [-0.3, -0.25) is 0 Å². The fourth-order valence-corrected chi connectivity index (χ4v) is 3.16. The zero-order valence-electron chi connectivity index (χ0n) is 14.8. The number of nitrogens with zero attached hydrogens (tertiary/aromatic N) is 2. The van der Waals surface area contributed by atoms with Gasteiger partial charge >= 0.3 is 0 Å². The minimum atomic E-state index is -0.309. The van der Waals surface area contributed by atoms with E-state index in [0.29, 0.717) is 16.8 Å². The van der Waals surface area contributed by atoms with Crippen molar-refractivity contribution in [3.63, 3.8) is 0 Å². The topological polar surface area (TPSA) is 51.0 Å². The smallest absolute Gasteiger partial charge is 0.247 e. The highest BCUT2D eigenvalue weighted by atomic mass is 35.5. The summed E-state index contributed by atoms with van der Waals surface area (Å²) in [5.74, 6) is 0.972. The van der Waals surface area contributed by atoms with Gasteiger partial charge in [-0.05, 0) is 42.3 Å². The minimum absolute atomic E-state index is 0.309. The summed E-state index contributed by atoms with van der Waals surface area (Å²) in [6.07, 6.45) is 0. The summed E-state index contributed by atoms with van der Waals surface area (Å²) in [4.78, 5) is 0. The van der Waals surface area contributed by atoms with Gasteiger partial charge in [-0.25, -0.2) is 0 Å². The number of hydrogen-bond acceptors (Lipinski definition) is 4. The van der Waals surface area contributed by atoms with Crippen LogP contribution in [0.15, 0.2) is 83.3 Å². The van der Waals surface area contributed by atoms with Crippen LogP contribution in [-0.2, 0) is 0 Å². The van der Waals surface area contributed by atoms with E-state index in [0.717, 1.165) is 22.4 Å². The fourth-order valence-electron chi connectivity index (χ4n) is 2.87. The zero-order chi connectivity index (χ0) is 18.6. The Morgan fingerprint density at radius 1 is 0.889 bits per heavy atom. The molecule has 0 fully saturated rings. The molecule has 1 heterocycles. The lowest BCUT2D eigenvalue weighted by atomic mass is 10.1. The standard InChI is InChI=1S/C22H18ClN3O/c1-15-12-13-19(18(23)14-15)24-20(16-8-4-2-5-9-16)22-26-25-21(27-22)17-10-6-3-7-11-17/h2-14,20,24H,1H3. The van der Waals surface area contributed by atoms with Gasteiger partial charge in [-0.1, -0.05) is 66.2 Å². The summed E-state index contributed by atoms with van der Waals surface area (Å²) in [6, 6.07) is 25.3. The number of anilines is 1. The lowest BCUT2D eigenvalue weighted by molar-refractivity contribution is 0.494. The summed E-state index contributed by atoms with van der Waals surface area (Å²) in [6.45, 7) is 2.01. The van der Waals surface area contributed by atoms with Crippen LogP contribution in [-0.4, -0.2) is 10.2 Å². The largest absolute Gasteiger partial charge is 0.418 e. The molecule has 0 radical (unpaired) electrons. The summed E-state index contributed by atoms with van der Waals surface area (Å²) < 4.78 is 5.99. The van der Waals surface area contributed by atoms with E-state index in [2.05, 4.69) is 15.5 Å². The summed E-state index contributed by atoms with van der Waals surface area (Å²) in [5, 5.41) is 12.6. The van der Waals surface area contributed by atoms with Gasteiger partial charge in [0, 0.05) is 5.56 Å². The Morgan fingerprint density at radius 2 is 1.59 bits per heavy atom. The molecule has 4 aromatic rings. The molecule has 0 bridgehead atoms. The first-order chi connectivity index (χ1) is 13.2. The number of rotatable bonds is 5. The van der Waals surface area contributed by atoms with Crippen molar-refractivity contribution in [3.8, 4) is 11.5 Å². The van der Waals surface area contributed by atoms with Crippen LogP contribution in [0.4, 0.5) is 5.69 Å². The summed E-state index contributed by atoms with van der Waals surface area (Å²) in [5.41, 5.74) is 3.82. The second-order valence-corrected chi connectivity index (χ2v) is 6.69. The van der Waals surface area contributed by atoms with E-state index in [-0.39, 0.29) is 6.04 Å². The van der Waals surface area contributed by atoms with E-state index in [1.165, 1.54) is 0 Å². The first-order valence-corrected chi connectivity index (χ1v) is 9.05. The monoisotopic (exact) mass is 375 g/mol. The lowest BCUT2D eigenvalue weighted by Crippen LogP contribution is -2.13. The van der Waals surface area contributed by atoms with Crippen molar-refractivity contribution in [1.29, 1.82) is 0 Å². The summed E-state index contributed by atoms with van der Waals surface area (Å²) >= 11 is 6.42. The lowest BCUT2D eigenvalue weighted by Gasteiger charge is -2.18. The number of halogens is 1. The van der Waals surface area contributed by atoms with E-state index in [1.54, 1.807) is 0 Å². The predicted molar refractivity (Wildman–Crippen MR) is 108 cm³/mol. The van der Waals surface area contributed by atoms with Crippen LogP contribution in [0, 0.1) is 6.92 Å². The van der Waals surface area contributed by atoms with Crippen molar-refractivity contribution in [2.45, 2.75) is 13.0 Å². The van der Waals surface area contributed by atoms with Crippen LogP contribution >= 0.6 is 11.6 Å². The van der Waals surface area contributed by atoms with Crippen LogP contribution in [0.1, 0.15) is 23.1 Å². The molecule has 0 aliphatic rings. The number of aromatic nitrogens is 2. The maximum Gasteiger partial charge on any atom is 0.247 e. The summed E-state index contributed by atoms with van der Waals surface area (Å²) in [7, 11) is 0. The molecular formula is C22H18ClN3O. The van der Waals surface area contributed by atoms with Gasteiger partial charge in [0.05, 0.1) is 10.7 Å². The van der Waals surface area contributed by atoms with Crippen LogP contribution < -0.4 is 5.32 Å². The Labute approximate surface area is 162 Å². The highest BCUT2D eigenvalue weighted by molar-refractivity contribution is 6.33. The third-order valence-corrected chi connectivity index (χ3v) is 4.58. The molecule has 5 heteroatoms. The molecule has 4 nitrogen and oxygen atoms in total. The van der Waals surface area contributed by atoms with Gasteiger partial charge in [0.1, 0.15) is 6.04 Å². The van der Waals surface area contributed by atoms with Crippen LogP contribution in [0.25, 0.3) is 11.5 Å². The first-order valence-electron chi connectivity index (χ1n) is 8.67. The van der Waals surface area contributed by atoms with E-state index in [9.17, 15) is 0 Å².